The van der Waals surface area contributed by atoms with E-state index in [0.717, 1.165) is 5.56 Å². The molecule has 4 heteroatoms. The maximum atomic E-state index is 11.4. The minimum atomic E-state index is -0.611. The highest BCUT2D eigenvalue weighted by Gasteiger charge is 2.38. The fraction of sp³-hybridized carbons (Fsp3) is 0.417. The molecule has 1 aromatic rings. The van der Waals surface area contributed by atoms with Crippen LogP contribution < -0.4 is 0 Å². The molecule has 1 aromatic carbocycles. The molecule has 2 atom stereocenters. The fourth-order valence-corrected chi connectivity index (χ4v) is 2.29. The fourth-order valence-electron chi connectivity index (χ4n) is 2.29. The summed E-state index contributed by atoms with van der Waals surface area (Å²) in [5, 5.41) is 10.9. The number of hydrogen-bond donors (Lipinski definition) is 0. The summed E-state index contributed by atoms with van der Waals surface area (Å²) < 4.78 is 0. The Morgan fingerprint density at radius 3 is 2.56 bits per heavy atom. The maximum absolute atomic E-state index is 11.4. The van der Waals surface area contributed by atoms with Gasteiger partial charge in [-0.2, -0.15) is 0 Å². The van der Waals surface area contributed by atoms with E-state index >= 15 is 0 Å². The molecule has 0 aromatic heterocycles. The van der Waals surface area contributed by atoms with Crippen LogP contribution in [-0.4, -0.2) is 16.7 Å². The molecule has 0 heterocycles. The van der Waals surface area contributed by atoms with Crippen molar-refractivity contribution in [3.05, 3.63) is 46.0 Å². The molecule has 0 amide bonds. The Bertz CT molecular complexity index is 402. The highest BCUT2D eigenvalue weighted by Crippen LogP contribution is 2.32. The Balaban J connectivity index is 2.27. The van der Waals surface area contributed by atoms with E-state index in [0.29, 0.717) is 19.3 Å². The van der Waals surface area contributed by atoms with Crippen molar-refractivity contribution in [1.29, 1.82) is 0 Å². The second-order valence-corrected chi connectivity index (χ2v) is 4.15. The first-order valence-corrected chi connectivity index (χ1v) is 5.38. The molecule has 84 valence electrons. The van der Waals surface area contributed by atoms with Gasteiger partial charge in [-0.15, -0.1) is 0 Å². The van der Waals surface area contributed by atoms with Gasteiger partial charge in [-0.05, 0) is 5.56 Å². The summed E-state index contributed by atoms with van der Waals surface area (Å²) in [6, 6.07) is 8.69. The smallest absolute Gasteiger partial charge is 0.220 e. The van der Waals surface area contributed by atoms with Gasteiger partial charge in [-0.1, -0.05) is 30.3 Å². The summed E-state index contributed by atoms with van der Waals surface area (Å²) >= 11 is 0. The van der Waals surface area contributed by atoms with Gasteiger partial charge in [0.25, 0.3) is 0 Å². The highest BCUT2D eigenvalue weighted by atomic mass is 16.6. The Kier molecular flexibility index (Phi) is 2.99. The first-order chi connectivity index (χ1) is 7.68. The monoisotopic (exact) mass is 219 g/mol. The van der Waals surface area contributed by atoms with Gasteiger partial charge in [-0.25, -0.2) is 0 Å². The third-order valence-electron chi connectivity index (χ3n) is 3.13. The minimum Gasteiger partial charge on any atom is -0.300 e. The van der Waals surface area contributed by atoms with Crippen LogP contribution in [0.5, 0.6) is 0 Å². The van der Waals surface area contributed by atoms with Crippen LogP contribution in [0, 0.1) is 10.1 Å². The zero-order chi connectivity index (χ0) is 11.5. The molecule has 0 saturated heterocycles. The van der Waals surface area contributed by atoms with E-state index in [2.05, 4.69) is 0 Å². The molecule has 1 fully saturated rings. The lowest BCUT2D eigenvalue weighted by Gasteiger charge is -2.24. The molecule has 1 saturated carbocycles. The van der Waals surface area contributed by atoms with E-state index in [4.69, 9.17) is 0 Å². The largest absolute Gasteiger partial charge is 0.300 e. The van der Waals surface area contributed by atoms with Crippen LogP contribution in [0.4, 0.5) is 0 Å². The number of benzene rings is 1. The Morgan fingerprint density at radius 1 is 1.25 bits per heavy atom. The Hall–Kier alpha value is -1.71. The normalized spacial score (nSPS) is 25.4. The van der Waals surface area contributed by atoms with Crippen LogP contribution in [-0.2, 0) is 4.79 Å². The van der Waals surface area contributed by atoms with Crippen molar-refractivity contribution in [2.45, 2.75) is 31.2 Å². The average molecular weight is 219 g/mol. The van der Waals surface area contributed by atoms with Crippen LogP contribution in [0.25, 0.3) is 0 Å². The summed E-state index contributed by atoms with van der Waals surface area (Å²) in [4.78, 5) is 22.1. The van der Waals surface area contributed by atoms with Crippen molar-refractivity contribution in [3.63, 3.8) is 0 Å². The summed E-state index contributed by atoms with van der Waals surface area (Å²) in [5.41, 5.74) is 0.900. The molecule has 0 radical (unpaired) electrons. The van der Waals surface area contributed by atoms with Crippen molar-refractivity contribution < 1.29 is 9.72 Å². The quantitative estimate of drug-likeness (QED) is 0.565. The molecule has 2 rings (SSSR count). The summed E-state index contributed by atoms with van der Waals surface area (Å²) in [7, 11) is 0. The third-order valence-corrected chi connectivity index (χ3v) is 3.13. The van der Waals surface area contributed by atoms with E-state index < -0.39 is 6.04 Å². The van der Waals surface area contributed by atoms with Crippen LogP contribution >= 0.6 is 0 Å². The molecule has 16 heavy (non-hydrogen) atoms. The zero-order valence-electron chi connectivity index (χ0n) is 8.83. The molecule has 0 unspecified atom stereocenters. The molecule has 1 aliphatic carbocycles. The van der Waals surface area contributed by atoms with E-state index in [-0.39, 0.29) is 16.6 Å². The summed E-state index contributed by atoms with van der Waals surface area (Å²) in [5.74, 6) is -0.121. The van der Waals surface area contributed by atoms with E-state index in [1.54, 1.807) is 0 Å². The first kappa shape index (κ1) is 10.8. The summed E-state index contributed by atoms with van der Waals surface area (Å²) in [6.07, 6.45) is 1.01. The molecule has 4 nitrogen and oxygen atoms in total. The molecule has 0 spiro atoms. The Labute approximate surface area is 93.4 Å². The molecular weight excluding hydrogens is 206 g/mol. The predicted octanol–water partition coefficient (Wildman–Crippen LogP) is 2.17. The zero-order valence-corrected chi connectivity index (χ0v) is 8.83. The van der Waals surface area contributed by atoms with Crippen molar-refractivity contribution in [3.8, 4) is 0 Å². The van der Waals surface area contributed by atoms with E-state index in [1.165, 1.54) is 0 Å². The van der Waals surface area contributed by atoms with Gasteiger partial charge in [0.2, 0.25) is 6.04 Å². The molecular formula is C12H13NO3. The second kappa shape index (κ2) is 4.43. The second-order valence-electron chi connectivity index (χ2n) is 4.15. The number of nitrogens with zero attached hydrogens (tertiary/aromatic N) is 1. The van der Waals surface area contributed by atoms with Crippen LogP contribution in [0.3, 0.4) is 0 Å². The lowest BCUT2D eigenvalue weighted by Crippen LogP contribution is -2.33. The molecule has 0 aliphatic heterocycles. The lowest BCUT2D eigenvalue weighted by atomic mass is 9.80. The standard InChI is InChI=1S/C12H13NO3/c14-10-6-7-12(13(15)16)11(8-10)9-4-2-1-3-5-9/h1-5,11-12H,6-8H2/t11-,12+/m0/s1. The summed E-state index contributed by atoms with van der Waals surface area (Å²) in [6.45, 7) is 0. The van der Waals surface area contributed by atoms with E-state index in [9.17, 15) is 14.9 Å². The number of nitro groups is 1. The molecule has 0 N–H and O–H groups in total. The third kappa shape index (κ3) is 2.10. The van der Waals surface area contributed by atoms with Crippen LogP contribution in [0.1, 0.15) is 30.7 Å². The van der Waals surface area contributed by atoms with Gasteiger partial charge >= 0.3 is 0 Å². The highest BCUT2D eigenvalue weighted by molar-refractivity contribution is 5.80. The minimum absolute atomic E-state index is 0.131. The Morgan fingerprint density at radius 2 is 1.94 bits per heavy atom. The van der Waals surface area contributed by atoms with Gasteiger partial charge in [-0.3, -0.25) is 14.9 Å². The van der Waals surface area contributed by atoms with E-state index in [1.807, 2.05) is 30.3 Å². The van der Waals surface area contributed by atoms with Gasteiger partial charge in [0, 0.05) is 24.2 Å². The predicted molar refractivity (Wildman–Crippen MR) is 58.8 cm³/mol. The SMILES string of the molecule is O=C1CC[C@@H]([N+](=O)[O-])[C@H](c2ccccc2)C1. The van der Waals surface area contributed by atoms with Crippen LogP contribution in [0.15, 0.2) is 30.3 Å². The maximum Gasteiger partial charge on any atom is 0.220 e. The number of rotatable bonds is 2. The number of hydrogen-bond acceptors (Lipinski definition) is 3. The van der Waals surface area contributed by atoms with Gasteiger partial charge < -0.3 is 0 Å². The first-order valence-electron chi connectivity index (χ1n) is 5.38. The van der Waals surface area contributed by atoms with Gasteiger partial charge in [0.15, 0.2) is 0 Å². The van der Waals surface area contributed by atoms with Gasteiger partial charge in [0.05, 0.1) is 5.92 Å². The molecule has 1 aliphatic rings. The van der Waals surface area contributed by atoms with Gasteiger partial charge in [0.1, 0.15) is 5.78 Å². The van der Waals surface area contributed by atoms with Crippen molar-refractivity contribution >= 4 is 5.78 Å². The molecule has 0 bridgehead atoms. The van der Waals surface area contributed by atoms with Crippen molar-refractivity contribution in [2.24, 2.45) is 0 Å². The number of carbonyl (C=O) groups excluding carboxylic acids is 1. The lowest BCUT2D eigenvalue weighted by molar-refractivity contribution is -0.528. The van der Waals surface area contributed by atoms with Crippen molar-refractivity contribution in [1.82, 2.24) is 0 Å². The topological polar surface area (TPSA) is 60.2 Å². The number of Topliss-reactive ketones (excluding diaryl/α,β-unsaturated/α-hetero) is 1. The number of ketones is 1. The average Bonchev–Trinajstić information content (AvgIpc) is 2.29. The van der Waals surface area contributed by atoms with Crippen LogP contribution in [0.2, 0.25) is 0 Å². The number of carbonyl (C=O) groups is 1. The van der Waals surface area contributed by atoms with Crippen molar-refractivity contribution in [2.75, 3.05) is 0 Å².